The van der Waals surface area contributed by atoms with Gasteiger partial charge in [0.25, 0.3) is 0 Å². The summed E-state index contributed by atoms with van der Waals surface area (Å²) in [4.78, 5) is 0. The quantitative estimate of drug-likeness (QED) is 0.763. The third kappa shape index (κ3) is 1.68. The molecule has 0 aliphatic rings. The van der Waals surface area contributed by atoms with Gasteiger partial charge >= 0.3 is 0 Å². The zero-order chi connectivity index (χ0) is 13.6. The molecular weight excluding hydrogens is 236 g/mol. The van der Waals surface area contributed by atoms with Crippen molar-refractivity contribution in [1.29, 1.82) is 0 Å². The molecule has 19 heavy (non-hydrogen) atoms. The van der Waals surface area contributed by atoms with Gasteiger partial charge in [0.1, 0.15) is 0 Å². The summed E-state index contributed by atoms with van der Waals surface area (Å²) in [6.07, 6.45) is 0. The topological polar surface area (TPSA) is 48.8 Å². The monoisotopic (exact) mass is 254 g/mol. The lowest BCUT2D eigenvalue weighted by Gasteiger charge is -2.03. The van der Waals surface area contributed by atoms with Crippen LogP contribution in [0.3, 0.4) is 0 Å². The standard InChI is InChI=1S/C15H18N4/c1-10-15(14-8-11(9-16)17-19(14)3)12-6-4-5-7-13(12)18(10)2/h4-8H,9,16H2,1-3H3. The average Bonchev–Trinajstić information content (AvgIpc) is 2.90. The van der Waals surface area contributed by atoms with Crippen LogP contribution in [0.5, 0.6) is 0 Å². The van der Waals surface area contributed by atoms with Gasteiger partial charge < -0.3 is 10.3 Å². The first kappa shape index (κ1) is 12.0. The van der Waals surface area contributed by atoms with Crippen molar-refractivity contribution in [3.05, 3.63) is 41.7 Å². The predicted molar refractivity (Wildman–Crippen MR) is 77.7 cm³/mol. The van der Waals surface area contributed by atoms with E-state index >= 15 is 0 Å². The molecule has 0 unspecified atom stereocenters. The second-order valence-electron chi connectivity index (χ2n) is 4.89. The van der Waals surface area contributed by atoms with Crippen LogP contribution in [0.4, 0.5) is 0 Å². The minimum absolute atomic E-state index is 0.470. The molecule has 2 aromatic heterocycles. The largest absolute Gasteiger partial charge is 0.347 e. The Kier molecular flexibility index (Phi) is 2.68. The van der Waals surface area contributed by atoms with Crippen molar-refractivity contribution < 1.29 is 0 Å². The van der Waals surface area contributed by atoms with Crippen LogP contribution >= 0.6 is 0 Å². The smallest absolute Gasteiger partial charge is 0.0766 e. The van der Waals surface area contributed by atoms with Crippen LogP contribution in [-0.4, -0.2) is 14.3 Å². The molecule has 1 aromatic carbocycles. The zero-order valence-electron chi connectivity index (χ0n) is 11.5. The maximum atomic E-state index is 5.68. The first-order valence-electron chi connectivity index (χ1n) is 6.41. The molecule has 0 aliphatic carbocycles. The molecule has 0 radical (unpaired) electrons. The molecule has 0 spiro atoms. The Labute approximate surface area is 112 Å². The van der Waals surface area contributed by atoms with E-state index < -0.39 is 0 Å². The van der Waals surface area contributed by atoms with E-state index in [2.05, 4.69) is 54.0 Å². The van der Waals surface area contributed by atoms with Gasteiger partial charge in [-0.3, -0.25) is 4.68 Å². The van der Waals surface area contributed by atoms with Crippen LogP contribution in [0.2, 0.25) is 0 Å². The number of aryl methyl sites for hydroxylation is 2. The van der Waals surface area contributed by atoms with Crippen LogP contribution < -0.4 is 5.73 Å². The van der Waals surface area contributed by atoms with Crippen molar-refractivity contribution in [2.45, 2.75) is 13.5 Å². The number of nitrogens with two attached hydrogens (primary N) is 1. The molecule has 2 N–H and O–H groups in total. The van der Waals surface area contributed by atoms with Gasteiger partial charge in [-0.1, -0.05) is 18.2 Å². The Morgan fingerprint density at radius 1 is 1.21 bits per heavy atom. The zero-order valence-corrected chi connectivity index (χ0v) is 11.5. The fraction of sp³-hybridized carbons (Fsp3) is 0.267. The molecule has 0 aliphatic heterocycles. The van der Waals surface area contributed by atoms with Crippen molar-refractivity contribution in [1.82, 2.24) is 14.3 Å². The molecule has 0 amide bonds. The third-order valence-corrected chi connectivity index (χ3v) is 3.80. The maximum absolute atomic E-state index is 5.68. The van der Waals surface area contributed by atoms with Crippen LogP contribution in [-0.2, 0) is 20.6 Å². The van der Waals surface area contributed by atoms with Gasteiger partial charge in [-0.05, 0) is 19.1 Å². The molecule has 98 valence electrons. The van der Waals surface area contributed by atoms with Crippen LogP contribution in [0.25, 0.3) is 22.2 Å². The van der Waals surface area contributed by atoms with Gasteiger partial charge in [-0.25, -0.2) is 0 Å². The summed E-state index contributed by atoms with van der Waals surface area (Å²) in [5, 5.41) is 5.70. The molecule has 4 nitrogen and oxygen atoms in total. The number of fused-ring (bicyclic) bond motifs is 1. The molecule has 2 heterocycles. The van der Waals surface area contributed by atoms with Gasteiger partial charge in [0, 0.05) is 42.8 Å². The second-order valence-corrected chi connectivity index (χ2v) is 4.89. The number of benzene rings is 1. The molecule has 0 atom stereocenters. The maximum Gasteiger partial charge on any atom is 0.0766 e. The number of aromatic nitrogens is 3. The van der Waals surface area contributed by atoms with Crippen LogP contribution in [0, 0.1) is 6.92 Å². The molecule has 3 rings (SSSR count). The first-order valence-corrected chi connectivity index (χ1v) is 6.41. The van der Waals surface area contributed by atoms with Crippen LogP contribution in [0.15, 0.2) is 30.3 Å². The van der Waals surface area contributed by atoms with E-state index in [1.54, 1.807) is 0 Å². The highest BCUT2D eigenvalue weighted by molar-refractivity contribution is 5.97. The lowest BCUT2D eigenvalue weighted by molar-refractivity contribution is 0.748. The lowest BCUT2D eigenvalue weighted by Crippen LogP contribution is -1.99. The highest BCUT2D eigenvalue weighted by atomic mass is 15.3. The third-order valence-electron chi connectivity index (χ3n) is 3.80. The van der Waals surface area contributed by atoms with E-state index in [0.717, 1.165) is 11.4 Å². The minimum atomic E-state index is 0.470. The Bertz CT molecular complexity index is 749. The van der Waals surface area contributed by atoms with Crippen LogP contribution in [0.1, 0.15) is 11.4 Å². The minimum Gasteiger partial charge on any atom is -0.347 e. The highest BCUT2D eigenvalue weighted by Crippen LogP contribution is 2.33. The van der Waals surface area contributed by atoms with E-state index in [0.29, 0.717) is 6.54 Å². The summed E-state index contributed by atoms with van der Waals surface area (Å²) in [6.45, 7) is 2.61. The van der Waals surface area contributed by atoms with E-state index in [4.69, 9.17) is 5.73 Å². The summed E-state index contributed by atoms with van der Waals surface area (Å²) in [7, 11) is 4.07. The number of hydrogen-bond donors (Lipinski definition) is 1. The molecule has 0 saturated carbocycles. The summed E-state index contributed by atoms with van der Waals surface area (Å²) < 4.78 is 4.14. The summed E-state index contributed by atoms with van der Waals surface area (Å²) in [5.41, 5.74) is 11.5. The molecule has 0 bridgehead atoms. The Balaban J connectivity index is 2.36. The molecule has 0 fully saturated rings. The van der Waals surface area contributed by atoms with Gasteiger partial charge in [-0.2, -0.15) is 5.10 Å². The van der Waals surface area contributed by atoms with E-state index in [9.17, 15) is 0 Å². The van der Waals surface area contributed by atoms with Gasteiger partial charge in [0.2, 0.25) is 0 Å². The van der Waals surface area contributed by atoms with E-state index in [1.165, 1.54) is 22.2 Å². The molecular formula is C15H18N4. The average molecular weight is 254 g/mol. The normalized spacial score (nSPS) is 11.4. The summed E-state index contributed by atoms with van der Waals surface area (Å²) in [6, 6.07) is 10.5. The van der Waals surface area contributed by atoms with Gasteiger partial charge in [-0.15, -0.1) is 0 Å². The SMILES string of the molecule is Cc1c(-c2cc(CN)nn2C)c2ccccc2n1C. The Morgan fingerprint density at radius 2 is 1.95 bits per heavy atom. The second kappa shape index (κ2) is 4.24. The molecule has 0 saturated heterocycles. The number of nitrogens with zero attached hydrogens (tertiary/aromatic N) is 3. The fourth-order valence-corrected chi connectivity index (χ4v) is 2.70. The van der Waals surface area contributed by atoms with Crippen molar-refractivity contribution >= 4 is 10.9 Å². The Morgan fingerprint density at radius 3 is 2.63 bits per heavy atom. The Hall–Kier alpha value is -2.07. The van der Waals surface area contributed by atoms with Crippen molar-refractivity contribution in [3.63, 3.8) is 0 Å². The molecule has 4 heteroatoms. The van der Waals surface area contributed by atoms with E-state index in [-0.39, 0.29) is 0 Å². The summed E-state index contributed by atoms with van der Waals surface area (Å²) in [5.74, 6) is 0. The predicted octanol–water partition coefficient (Wildman–Crippen LogP) is 2.35. The fourth-order valence-electron chi connectivity index (χ4n) is 2.70. The van der Waals surface area contributed by atoms with Crippen molar-refractivity contribution in [3.8, 4) is 11.3 Å². The lowest BCUT2D eigenvalue weighted by atomic mass is 10.1. The first-order chi connectivity index (χ1) is 9.13. The van der Waals surface area contributed by atoms with E-state index in [1.807, 2.05) is 11.7 Å². The molecule has 3 aromatic rings. The number of rotatable bonds is 2. The van der Waals surface area contributed by atoms with Gasteiger partial charge in [0.15, 0.2) is 0 Å². The van der Waals surface area contributed by atoms with Crippen molar-refractivity contribution in [2.24, 2.45) is 19.8 Å². The number of hydrogen-bond acceptors (Lipinski definition) is 2. The number of para-hydroxylation sites is 1. The highest BCUT2D eigenvalue weighted by Gasteiger charge is 2.16. The summed E-state index contributed by atoms with van der Waals surface area (Å²) >= 11 is 0. The van der Waals surface area contributed by atoms with Crippen molar-refractivity contribution in [2.75, 3.05) is 0 Å². The van der Waals surface area contributed by atoms with Gasteiger partial charge in [0.05, 0.1) is 11.4 Å².